The van der Waals surface area contributed by atoms with Crippen LogP contribution in [0.5, 0.6) is 0 Å². The van der Waals surface area contributed by atoms with Crippen molar-refractivity contribution >= 4 is 11.9 Å². The Bertz CT molecular complexity index is 986. The lowest BCUT2D eigenvalue weighted by Crippen LogP contribution is -2.60. The minimum atomic E-state index is -0.304. The lowest BCUT2D eigenvalue weighted by molar-refractivity contribution is -0.127. The van der Waals surface area contributed by atoms with Gasteiger partial charge in [-0.3, -0.25) is 9.69 Å². The molecule has 160 valence electrons. The van der Waals surface area contributed by atoms with Gasteiger partial charge in [0, 0.05) is 11.8 Å². The molecule has 2 saturated heterocycles. The number of nitrogens with zero attached hydrogens (tertiary/aromatic N) is 1. The Morgan fingerprint density at radius 3 is 2.10 bits per heavy atom. The minimum absolute atomic E-state index is 0.0370. The van der Waals surface area contributed by atoms with Crippen molar-refractivity contribution in [2.24, 2.45) is 5.92 Å². The van der Waals surface area contributed by atoms with Gasteiger partial charge < -0.3 is 9.47 Å². The number of benzene rings is 2. The summed E-state index contributed by atoms with van der Waals surface area (Å²) >= 11 is 0. The van der Waals surface area contributed by atoms with Crippen molar-refractivity contribution in [2.45, 2.75) is 37.8 Å². The van der Waals surface area contributed by atoms with Gasteiger partial charge in [0.15, 0.2) is 5.78 Å². The molecule has 2 atom stereocenters. The third-order valence-electron chi connectivity index (χ3n) is 6.86. The van der Waals surface area contributed by atoms with Crippen LogP contribution in [-0.2, 0) is 14.3 Å². The van der Waals surface area contributed by atoms with Crippen LogP contribution in [0.15, 0.2) is 60.7 Å². The maximum Gasteiger partial charge on any atom is 0.410 e. The quantitative estimate of drug-likeness (QED) is 0.685. The molecule has 0 saturated carbocycles. The Morgan fingerprint density at radius 2 is 1.55 bits per heavy atom. The van der Waals surface area contributed by atoms with E-state index < -0.39 is 0 Å². The summed E-state index contributed by atoms with van der Waals surface area (Å²) in [4.78, 5) is 27.4. The molecule has 2 fully saturated rings. The Labute approximate surface area is 182 Å². The molecule has 2 unspecified atom stereocenters. The second-order valence-corrected chi connectivity index (χ2v) is 8.87. The van der Waals surface area contributed by atoms with Crippen molar-refractivity contribution in [1.82, 2.24) is 4.90 Å². The zero-order chi connectivity index (χ0) is 21.5. The van der Waals surface area contributed by atoms with Crippen LogP contribution in [0.1, 0.15) is 36.8 Å². The maximum absolute atomic E-state index is 13.1. The number of carbonyl (C=O) groups excluding carboxylic acids is 2. The maximum atomic E-state index is 13.1. The number of piperidine rings is 1. The number of carbonyl (C=O) groups is 2. The molecule has 31 heavy (non-hydrogen) atoms. The standard InChI is InChI=1S/C26H27NO4/c1-16(2)25(28)17-11-18-13-30-14-19(12-17)27(18)26(29)31-15-24-22-9-5-3-7-20(22)21-8-4-6-10-23(21)24/h3-10,17-19,24H,1,11-15H2,2H3. The third kappa shape index (κ3) is 3.47. The number of hydrogen-bond acceptors (Lipinski definition) is 4. The Morgan fingerprint density at radius 1 is 1.00 bits per heavy atom. The average molecular weight is 418 g/mol. The summed E-state index contributed by atoms with van der Waals surface area (Å²) < 4.78 is 11.6. The van der Waals surface area contributed by atoms with E-state index in [-0.39, 0.29) is 35.8 Å². The van der Waals surface area contributed by atoms with Crippen LogP contribution in [0.2, 0.25) is 0 Å². The van der Waals surface area contributed by atoms with Gasteiger partial charge in [0.25, 0.3) is 0 Å². The molecule has 5 rings (SSSR count). The molecule has 0 aromatic heterocycles. The molecule has 0 N–H and O–H groups in total. The molecule has 0 radical (unpaired) electrons. The van der Waals surface area contributed by atoms with Crippen LogP contribution >= 0.6 is 0 Å². The summed E-state index contributed by atoms with van der Waals surface area (Å²) in [5.41, 5.74) is 5.40. The molecule has 5 heteroatoms. The number of Topliss-reactive ketones (excluding diaryl/α,β-unsaturated/α-hetero) is 1. The summed E-state index contributed by atoms with van der Waals surface area (Å²) in [5.74, 6) is 0.0492. The van der Waals surface area contributed by atoms with Gasteiger partial charge in [-0.1, -0.05) is 55.1 Å². The van der Waals surface area contributed by atoms with E-state index in [1.807, 2.05) is 29.2 Å². The zero-order valence-corrected chi connectivity index (χ0v) is 17.8. The second-order valence-electron chi connectivity index (χ2n) is 8.87. The van der Waals surface area contributed by atoms with Crippen molar-refractivity contribution in [3.63, 3.8) is 0 Å². The third-order valence-corrected chi connectivity index (χ3v) is 6.86. The highest BCUT2D eigenvalue weighted by atomic mass is 16.6. The summed E-state index contributed by atoms with van der Waals surface area (Å²) in [6.07, 6.45) is 0.903. The van der Waals surface area contributed by atoms with Gasteiger partial charge >= 0.3 is 6.09 Å². The molecular weight excluding hydrogens is 390 g/mol. The predicted octanol–water partition coefficient (Wildman–Crippen LogP) is 4.56. The highest BCUT2D eigenvalue weighted by Crippen LogP contribution is 2.44. The molecule has 0 spiro atoms. The van der Waals surface area contributed by atoms with Gasteiger partial charge in [0.2, 0.25) is 0 Å². The van der Waals surface area contributed by atoms with Crippen molar-refractivity contribution in [2.75, 3.05) is 19.8 Å². The van der Waals surface area contributed by atoms with Gasteiger partial charge in [0.05, 0.1) is 25.3 Å². The van der Waals surface area contributed by atoms with Crippen molar-refractivity contribution in [3.05, 3.63) is 71.8 Å². The molecular formula is C26H27NO4. The van der Waals surface area contributed by atoms with Crippen molar-refractivity contribution in [1.29, 1.82) is 0 Å². The topological polar surface area (TPSA) is 55.8 Å². The number of morpholine rings is 1. The molecule has 1 aliphatic carbocycles. The van der Waals surface area contributed by atoms with E-state index in [1.165, 1.54) is 22.3 Å². The number of amides is 1. The first-order chi connectivity index (χ1) is 15.0. The van der Waals surface area contributed by atoms with E-state index in [2.05, 4.69) is 30.8 Å². The van der Waals surface area contributed by atoms with Gasteiger partial charge in [-0.25, -0.2) is 4.79 Å². The van der Waals surface area contributed by atoms with E-state index in [0.717, 1.165) is 0 Å². The molecule has 1 amide bonds. The first-order valence-electron chi connectivity index (χ1n) is 11.0. The fourth-order valence-corrected chi connectivity index (χ4v) is 5.44. The van der Waals surface area contributed by atoms with E-state index >= 15 is 0 Å². The van der Waals surface area contributed by atoms with E-state index in [0.29, 0.717) is 38.2 Å². The Hall–Kier alpha value is -2.92. The first kappa shape index (κ1) is 20.0. The molecule has 2 aromatic rings. The number of fused-ring (bicyclic) bond motifs is 5. The molecule has 2 heterocycles. The lowest BCUT2D eigenvalue weighted by atomic mass is 9.81. The zero-order valence-electron chi connectivity index (χ0n) is 17.8. The molecule has 5 nitrogen and oxygen atoms in total. The predicted molar refractivity (Wildman–Crippen MR) is 118 cm³/mol. The number of ether oxygens (including phenoxy) is 2. The summed E-state index contributed by atoms with van der Waals surface area (Å²) in [6.45, 7) is 6.75. The molecule has 2 aliphatic heterocycles. The SMILES string of the molecule is C=C(C)C(=O)C1CC2COCC(C1)N2C(=O)OCC1c2ccccc2-c2ccccc21. The summed E-state index contributed by atoms with van der Waals surface area (Å²) in [6, 6.07) is 16.4. The highest BCUT2D eigenvalue weighted by molar-refractivity contribution is 5.96. The smallest absolute Gasteiger partial charge is 0.410 e. The van der Waals surface area contributed by atoms with E-state index in [9.17, 15) is 9.59 Å². The van der Waals surface area contributed by atoms with Gasteiger partial charge in [0.1, 0.15) is 6.61 Å². The fourth-order valence-electron chi connectivity index (χ4n) is 5.44. The van der Waals surface area contributed by atoms with Crippen LogP contribution in [0.3, 0.4) is 0 Å². The minimum Gasteiger partial charge on any atom is -0.448 e. The van der Waals surface area contributed by atoms with E-state index in [1.54, 1.807) is 6.92 Å². The second kappa shape index (κ2) is 7.97. The van der Waals surface area contributed by atoms with Crippen LogP contribution in [0.4, 0.5) is 4.79 Å². The van der Waals surface area contributed by atoms with Crippen LogP contribution < -0.4 is 0 Å². The molecule has 3 aliphatic rings. The van der Waals surface area contributed by atoms with E-state index in [4.69, 9.17) is 9.47 Å². The van der Waals surface area contributed by atoms with Gasteiger partial charge in [-0.2, -0.15) is 0 Å². The summed E-state index contributed by atoms with van der Waals surface area (Å²) in [7, 11) is 0. The Balaban J connectivity index is 1.31. The Kier molecular flexibility index (Phi) is 5.14. The number of rotatable bonds is 4. The van der Waals surface area contributed by atoms with Crippen LogP contribution in [0, 0.1) is 5.92 Å². The van der Waals surface area contributed by atoms with Gasteiger partial charge in [-0.05, 0) is 47.6 Å². The normalized spacial score (nSPS) is 24.3. The average Bonchev–Trinajstić information content (AvgIpc) is 3.09. The number of ketones is 1. The molecule has 2 aromatic carbocycles. The van der Waals surface area contributed by atoms with Crippen molar-refractivity contribution < 1.29 is 19.1 Å². The highest BCUT2D eigenvalue weighted by Gasteiger charge is 2.44. The first-order valence-corrected chi connectivity index (χ1v) is 11.0. The van der Waals surface area contributed by atoms with Crippen LogP contribution in [-0.4, -0.2) is 48.7 Å². The lowest BCUT2D eigenvalue weighted by Gasteiger charge is -2.47. The fraction of sp³-hybridized carbons (Fsp3) is 0.385. The molecule has 2 bridgehead atoms. The van der Waals surface area contributed by atoms with Gasteiger partial charge in [-0.15, -0.1) is 0 Å². The summed E-state index contributed by atoms with van der Waals surface area (Å²) in [5, 5.41) is 0. The largest absolute Gasteiger partial charge is 0.448 e. The monoisotopic (exact) mass is 417 g/mol. The number of hydrogen-bond donors (Lipinski definition) is 0. The van der Waals surface area contributed by atoms with Crippen molar-refractivity contribution in [3.8, 4) is 11.1 Å². The van der Waals surface area contributed by atoms with Crippen LogP contribution in [0.25, 0.3) is 11.1 Å². The number of allylic oxidation sites excluding steroid dienone is 1.